The van der Waals surface area contributed by atoms with Crippen LogP contribution in [0.15, 0.2) is 6.20 Å². The summed E-state index contributed by atoms with van der Waals surface area (Å²) in [6.45, 7) is 3.81. The lowest BCUT2D eigenvalue weighted by Gasteiger charge is -2.39. The van der Waals surface area contributed by atoms with Crippen molar-refractivity contribution < 1.29 is 49.0 Å². The number of carbonyl (C=O) groups excluding carboxylic acids is 3. The molecule has 2 heterocycles. The molecule has 360 valence electrons. The third-order valence-corrected chi connectivity index (χ3v) is 12.7. The van der Waals surface area contributed by atoms with Gasteiger partial charge in [-0.25, -0.2) is 4.68 Å². The van der Waals surface area contributed by atoms with Crippen LogP contribution in [0.25, 0.3) is 0 Å². The lowest BCUT2D eigenvalue weighted by atomic mass is 9.98. The number of carbonyl (C=O) groups is 3. The summed E-state index contributed by atoms with van der Waals surface area (Å²) in [4.78, 5) is 38.5. The first-order chi connectivity index (χ1) is 30.1. The number of amides is 1. The lowest BCUT2D eigenvalue weighted by molar-refractivity contribution is -0.254. The highest BCUT2D eigenvalue weighted by Crippen LogP contribution is 2.28. The molecule has 0 bridgehead atoms. The number of esters is 2. The van der Waals surface area contributed by atoms with E-state index in [1.54, 1.807) is 0 Å². The Morgan fingerprint density at radius 1 is 0.710 bits per heavy atom. The number of nitrogens with zero attached hydrogens (tertiary/aromatic N) is 3. The number of aliphatic hydroxyl groups is 4. The molecule has 1 aliphatic heterocycles. The zero-order chi connectivity index (χ0) is 45.2. The number of nitrogens with one attached hydrogen (secondary N) is 1. The molecule has 0 aliphatic carbocycles. The van der Waals surface area contributed by atoms with Crippen molar-refractivity contribution in [2.45, 2.75) is 236 Å². The van der Waals surface area contributed by atoms with Crippen molar-refractivity contribution >= 4 is 35.4 Å². The molecule has 16 heteroatoms. The number of ether oxygens (including phenoxy) is 3. The van der Waals surface area contributed by atoms with E-state index in [4.69, 9.17) is 19.9 Å². The molecule has 62 heavy (non-hydrogen) atoms. The zero-order valence-corrected chi connectivity index (χ0v) is 39.1. The van der Waals surface area contributed by atoms with Crippen LogP contribution in [0.1, 0.15) is 200 Å². The van der Waals surface area contributed by atoms with Gasteiger partial charge in [-0.15, -0.1) is 5.10 Å². The van der Waals surface area contributed by atoms with E-state index in [0.29, 0.717) is 6.42 Å². The average molecular weight is 900 g/mol. The largest absolute Gasteiger partial charge is 0.462 e. The van der Waals surface area contributed by atoms with Crippen LogP contribution in [0.2, 0.25) is 0 Å². The average Bonchev–Trinajstić information content (AvgIpc) is 3.73. The maximum absolute atomic E-state index is 12.9. The van der Waals surface area contributed by atoms with E-state index in [0.717, 1.165) is 43.2 Å². The molecule has 1 aromatic rings. The van der Waals surface area contributed by atoms with E-state index >= 15 is 0 Å². The highest BCUT2D eigenvalue weighted by molar-refractivity contribution is 7.99. The summed E-state index contributed by atoms with van der Waals surface area (Å²) < 4.78 is 17.9. The number of hydrogen-bond acceptors (Lipinski definition) is 14. The van der Waals surface area contributed by atoms with Gasteiger partial charge >= 0.3 is 11.9 Å². The maximum Gasteiger partial charge on any atom is 0.306 e. The van der Waals surface area contributed by atoms with Gasteiger partial charge in [0.1, 0.15) is 37.1 Å². The SMILES string of the molecule is CCCCCCCCCCCCCCCC(=O)OC[C@H](CSC[C@@H](N)C(=O)Nc1cn([C@@H]2OC(CO)C(O)C(O)C2O)nn1)OC(=O)CCCCCCCCCCCCCCC. The van der Waals surface area contributed by atoms with Crippen LogP contribution in [-0.2, 0) is 28.6 Å². The molecule has 1 aliphatic rings. The summed E-state index contributed by atoms with van der Waals surface area (Å²) in [7, 11) is 0. The first-order valence-corrected chi connectivity index (χ1v) is 25.5. The Morgan fingerprint density at radius 3 is 1.66 bits per heavy atom. The van der Waals surface area contributed by atoms with Crippen molar-refractivity contribution in [1.82, 2.24) is 15.0 Å². The van der Waals surface area contributed by atoms with E-state index in [9.17, 15) is 34.8 Å². The number of rotatable bonds is 39. The highest BCUT2D eigenvalue weighted by Gasteiger charge is 2.44. The van der Waals surface area contributed by atoms with E-state index < -0.39 is 55.3 Å². The van der Waals surface area contributed by atoms with Gasteiger partial charge in [0.15, 0.2) is 12.0 Å². The van der Waals surface area contributed by atoms with Crippen LogP contribution in [0.3, 0.4) is 0 Å². The molecular formula is C46H85N5O10S. The Labute approximate surface area is 376 Å². The van der Waals surface area contributed by atoms with Gasteiger partial charge in [-0.3, -0.25) is 14.4 Å². The standard InChI is InChI=1S/C46H85N5O10S/c1-3-5-7-9-11-13-15-17-19-21-23-25-27-29-40(53)59-33-36(60-41(54)30-28-26-24-22-20-18-16-14-12-10-8-6-4-2)34-62-35-37(47)45(58)48-39-31-51(50-49-39)46-44(57)43(56)42(55)38(32-52)61-46/h31,36-38,42-44,46,52,55-57H,3-30,32-35,47H2,1-2H3,(H,48,58)/t36-,37-,38?,42?,43?,44?,46-/m1/s1. The third kappa shape index (κ3) is 25.2. The number of thioether (sulfide) groups is 1. The molecule has 1 saturated heterocycles. The second-order valence-corrected chi connectivity index (χ2v) is 18.3. The Kier molecular flexibility index (Phi) is 32.3. The second kappa shape index (κ2) is 35.9. The summed E-state index contributed by atoms with van der Waals surface area (Å²) in [6, 6.07) is -0.988. The van der Waals surface area contributed by atoms with Crippen molar-refractivity contribution in [1.29, 1.82) is 0 Å². The number of hydrogen-bond donors (Lipinski definition) is 6. The van der Waals surface area contributed by atoms with E-state index in [1.165, 1.54) is 146 Å². The Morgan fingerprint density at radius 2 is 1.18 bits per heavy atom. The fourth-order valence-corrected chi connectivity index (χ4v) is 8.54. The summed E-state index contributed by atoms with van der Waals surface area (Å²) in [5.74, 6) is -0.794. The highest BCUT2D eigenvalue weighted by atomic mass is 32.2. The maximum atomic E-state index is 12.9. The normalized spacial score (nSPS) is 19.9. The molecule has 0 spiro atoms. The van der Waals surface area contributed by atoms with Crippen LogP contribution >= 0.6 is 11.8 Å². The van der Waals surface area contributed by atoms with E-state index in [1.807, 2.05) is 0 Å². The molecule has 1 fully saturated rings. The van der Waals surface area contributed by atoms with Crippen molar-refractivity contribution in [3.63, 3.8) is 0 Å². The Hall–Kier alpha value is -2.34. The van der Waals surface area contributed by atoms with Gasteiger partial charge in [0, 0.05) is 24.3 Å². The van der Waals surface area contributed by atoms with Gasteiger partial charge in [-0.05, 0) is 12.8 Å². The molecule has 4 unspecified atom stereocenters. The number of aliphatic hydroxyl groups excluding tert-OH is 4. The predicted octanol–water partition coefficient (Wildman–Crippen LogP) is 7.67. The van der Waals surface area contributed by atoms with Crippen molar-refractivity contribution in [2.75, 3.05) is 30.0 Å². The molecule has 2 rings (SSSR count). The molecule has 1 amide bonds. The van der Waals surface area contributed by atoms with E-state index in [-0.39, 0.29) is 42.3 Å². The summed E-state index contributed by atoms with van der Waals surface area (Å²) >= 11 is 1.30. The monoisotopic (exact) mass is 900 g/mol. The lowest BCUT2D eigenvalue weighted by Crippen LogP contribution is -2.56. The summed E-state index contributed by atoms with van der Waals surface area (Å²) in [5.41, 5.74) is 6.18. The quantitative estimate of drug-likeness (QED) is 0.0275. The van der Waals surface area contributed by atoms with E-state index in [2.05, 4.69) is 29.5 Å². The number of unbranched alkanes of at least 4 members (excludes halogenated alkanes) is 24. The smallest absolute Gasteiger partial charge is 0.306 e. The van der Waals surface area contributed by atoms with Gasteiger partial charge < -0.3 is 45.7 Å². The van der Waals surface area contributed by atoms with Crippen LogP contribution in [0.4, 0.5) is 5.82 Å². The van der Waals surface area contributed by atoms with Gasteiger partial charge in [0.25, 0.3) is 0 Å². The van der Waals surface area contributed by atoms with Crippen molar-refractivity contribution in [3.05, 3.63) is 6.20 Å². The minimum absolute atomic E-state index is 0.00259. The molecule has 15 nitrogen and oxygen atoms in total. The number of aromatic nitrogens is 3. The molecule has 1 aromatic heterocycles. The topological polar surface area (TPSA) is 229 Å². The number of nitrogens with two attached hydrogens (primary N) is 1. The van der Waals surface area contributed by atoms with Crippen molar-refractivity contribution in [2.24, 2.45) is 5.73 Å². The molecule has 0 saturated carbocycles. The van der Waals surface area contributed by atoms with Crippen molar-refractivity contribution in [3.8, 4) is 0 Å². The first-order valence-electron chi connectivity index (χ1n) is 24.3. The van der Waals surface area contributed by atoms with Gasteiger partial charge in [-0.2, -0.15) is 11.8 Å². The third-order valence-electron chi connectivity index (χ3n) is 11.5. The fourth-order valence-electron chi connectivity index (χ4n) is 7.57. The van der Waals surface area contributed by atoms with Crippen LogP contribution in [0, 0.1) is 0 Å². The van der Waals surface area contributed by atoms with Crippen LogP contribution in [0.5, 0.6) is 0 Å². The molecule has 7 N–H and O–H groups in total. The fraction of sp³-hybridized carbons (Fsp3) is 0.891. The van der Waals surface area contributed by atoms with Crippen LogP contribution in [-0.4, -0.2) is 115 Å². The molecule has 7 atom stereocenters. The Balaban J connectivity index is 1.75. The molecule has 0 radical (unpaired) electrons. The molecular weight excluding hydrogens is 815 g/mol. The zero-order valence-electron chi connectivity index (χ0n) is 38.3. The summed E-state index contributed by atoms with van der Waals surface area (Å²) in [5, 5.41) is 50.3. The van der Waals surface area contributed by atoms with Crippen LogP contribution < -0.4 is 11.1 Å². The first kappa shape index (κ1) is 55.8. The summed E-state index contributed by atoms with van der Waals surface area (Å²) in [6.07, 6.45) is 25.6. The minimum atomic E-state index is -1.60. The second-order valence-electron chi connectivity index (χ2n) is 17.2. The van der Waals surface area contributed by atoms with Gasteiger partial charge in [0.2, 0.25) is 5.91 Å². The molecule has 0 aromatic carbocycles. The van der Waals surface area contributed by atoms with Gasteiger partial charge in [-0.1, -0.05) is 173 Å². The van der Waals surface area contributed by atoms with Gasteiger partial charge in [0.05, 0.1) is 18.8 Å². The number of anilines is 1. The Bertz CT molecular complexity index is 1290. The predicted molar refractivity (Wildman–Crippen MR) is 244 cm³/mol. The minimum Gasteiger partial charge on any atom is -0.462 e.